The number of nitrogens with one attached hydrogen (secondary N) is 1. The number of carbonyl (C=O) groups excluding carboxylic acids is 1. The second kappa shape index (κ2) is 7.42. The van der Waals surface area contributed by atoms with Crippen LogP contribution in [-0.4, -0.2) is 22.5 Å². The van der Waals surface area contributed by atoms with Gasteiger partial charge in [-0.25, -0.2) is 4.79 Å². The molecule has 0 saturated heterocycles. The predicted molar refractivity (Wildman–Crippen MR) is 92.8 cm³/mol. The highest BCUT2D eigenvalue weighted by atomic mass is 16.5. The molecule has 134 valence electrons. The average Bonchev–Trinajstić information content (AvgIpc) is 3.02. The molecule has 0 aliphatic rings. The number of carboxylic acid groups (broad SMARTS) is 1. The van der Waals surface area contributed by atoms with Crippen molar-refractivity contribution in [2.45, 2.75) is 46.3 Å². The molecule has 2 rings (SSSR count). The molecule has 6 heteroatoms. The summed E-state index contributed by atoms with van der Waals surface area (Å²) in [4.78, 5) is 23.5. The topological polar surface area (TPSA) is 88.8 Å². The van der Waals surface area contributed by atoms with Gasteiger partial charge in [-0.3, -0.25) is 4.79 Å². The zero-order chi connectivity index (χ0) is 18.6. The lowest BCUT2D eigenvalue weighted by Crippen LogP contribution is -2.51. The first-order valence-corrected chi connectivity index (χ1v) is 8.10. The Morgan fingerprint density at radius 2 is 1.96 bits per heavy atom. The first-order valence-electron chi connectivity index (χ1n) is 8.10. The number of furan rings is 1. The molecular formula is C19H23NO5. The monoisotopic (exact) mass is 345 g/mol. The molecule has 1 aromatic heterocycles. The van der Waals surface area contributed by atoms with Crippen molar-refractivity contribution in [3.05, 3.63) is 53.0 Å². The summed E-state index contributed by atoms with van der Waals surface area (Å²) >= 11 is 0. The molecule has 1 aromatic carbocycles. The van der Waals surface area contributed by atoms with Crippen molar-refractivity contribution in [1.29, 1.82) is 0 Å². The molecule has 0 spiro atoms. The quantitative estimate of drug-likeness (QED) is 0.802. The maximum atomic E-state index is 12.2. The molecule has 2 N–H and O–H groups in total. The molecule has 0 aliphatic heterocycles. The van der Waals surface area contributed by atoms with Gasteiger partial charge in [0.15, 0.2) is 5.76 Å². The van der Waals surface area contributed by atoms with Gasteiger partial charge in [-0.15, -0.1) is 0 Å². The van der Waals surface area contributed by atoms with E-state index in [0.717, 1.165) is 16.9 Å². The second-order valence-electron chi connectivity index (χ2n) is 6.27. The van der Waals surface area contributed by atoms with Crippen LogP contribution >= 0.6 is 0 Å². The van der Waals surface area contributed by atoms with Crippen LogP contribution in [-0.2, 0) is 11.4 Å². The van der Waals surface area contributed by atoms with E-state index in [-0.39, 0.29) is 18.8 Å². The molecule has 1 unspecified atom stereocenters. The van der Waals surface area contributed by atoms with Crippen molar-refractivity contribution in [3.8, 4) is 5.75 Å². The fraction of sp³-hybridized carbons (Fsp3) is 0.368. The van der Waals surface area contributed by atoms with Gasteiger partial charge in [0.25, 0.3) is 5.91 Å². The summed E-state index contributed by atoms with van der Waals surface area (Å²) in [5.74, 6) is -0.367. The Morgan fingerprint density at radius 1 is 1.24 bits per heavy atom. The van der Waals surface area contributed by atoms with Gasteiger partial charge >= 0.3 is 5.97 Å². The largest absolute Gasteiger partial charge is 0.485 e. The van der Waals surface area contributed by atoms with Gasteiger partial charge in [0.1, 0.15) is 23.7 Å². The Hall–Kier alpha value is -2.76. The highest BCUT2D eigenvalue weighted by Gasteiger charge is 2.33. The number of amides is 1. The molecule has 1 atom stereocenters. The van der Waals surface area contributed by atoms with Gasteiger partial charge in [0.05, 0.1) is 0 Å². The number of hydrogen-bond donors (Lipinski definition) is 2. The average molecular weight is 345 g/mol. The van der Waals surface area contributed by atoms with Crippen LogP contribution in [0.5, 0.6) is 5.75 Å². The van der Waals surface area contributed by atoms with Crippen molar-refractivity contribution in [2.75, 3.05) is 0 Å². The minimum Gasteiger partial charge on any atom is -0.485 e. The molecule has 0 radical (unpaired) electrons. The smallest absolute Gasteiger partial charge is 0.329 e. The summed E-state index contributed by atoms with van der Waals surface area (Å²) in [7, 11) is 0. The number of aliphatic carboxylic acids is 1. The Balaban J connectivity index is 2.02. The molecule has 6 nitrogen and oxygen atoms in total. The van der Waals surface area contributed by atoms with E-state index in [9.17, 15) is 14.7 Å². The third-order valence-electron chi connectivity index (χ3n) is 4.15. The van der Waals surface area contributed by atoms with Gasteiger partial charge in [0.2, 0.25) is 0 Å². The van der Waals surface area contributed by atoms with E-state index in [1.165, 1.54) is 13.0 Å². The molecule has 1 heterocycles. The number of carboxylic acids is 1. The summed E-state index contributed by atoms with van der Waals surface area (Å²) < 4.78 is 11.2. The van der Waals surface area contributed by atoms with Crippen LogP contribution in [0.1, 0.15) is 47.7 Å². The molecule has 25 heavy (non-hydrogen) atoms. The second-order valence-corrected chi connectivity index (χ2v) is 6.27. The van der Waals surface area contributed by atoms with E-state index in [2.05, 4.69) is 5.32 Å². The van der Waals surface area contributed by atoms with E-state index < -0.39 is 17.4 Å². The highest BCUT2D eigenvalue weighted by Crippen LogP contribution is 2.21. The predicted octanol–water partition coefficient (Wildman–Crippen LogP) is 3.46. The normalized spacial score (nSPS) is 13.1. The zero-order valence-electron chi connectivity index (χ0n) is 14.9. The Kier molecular flexibility index (Phi) is 5.51. The third-order valence-corrected chi connectivity index (χ3v) is 4.15. The van der Waals surface area contributed by atoms with E-state index in [0.29, 0.717) is 5.76 Å². The van der Waals surface area contributed by atoms with Gasteiger partial charge in [-0.05, 0) is 51.0 Å². The summed E-state index contributed by atoms with van der Waals surface area (Å²) in [5.41, 5.74) is 0.836. The van der Waals surface area contributed by atoms with Gasteiger partial charge in [0, 0.05) is 0 Å². The van der Waals surface area contributed by atoms with Gasteiger partial charge in [-0.2, -0.15) is 0 Å². The standard InChI is InChI=1S/C19H23NO5/c1-5-19(4,18(22)23)20-17(21)16-9-7-14(25-16)11-24-15-8-6-12(2)10-13(15)3/h6-10H,5,11H2,1-4H3,(H,20,21)(H,22,23). The van der Waals surface area contributed by atoms with Crippen LogP contribution in [0.4, 0.5) is 0 Å². The first kappa shape index (κ1) is 18.6. The number of benzene rings is 1. The molecule has 0 saturated carbocycles. The van der Waals surface area contributed by atoms with Crippen LogP contribution in [0.2, 0.25) is 0 Å². The van der Waals surface area contributed by atoms with Crippen LogP contribution in [0.25, 0.3) is 0 Å². The molecule has 0 bridgehead atoms. The minimum atomic E-state index is -1.33. The van der Waals surface area contributed by atoms with Crippen molar-refractivity contribution >= 4 is 11.9 Å². The first-order chi connectivity index (χ1) is 11.7. The summed E-state index contributed by atoms with van der Waals surface area (Å²) in [6.07, 6.45) is 0.261. The van der Waals surface area contributed by atoms with E-state index in [1.807, 2.05) is 32.0 Å². The van der Waals surface area contributed by atoms with Crippen LogP contribution in [0.3, 0.4) is 0 Å². The van der Waals surface area contributed by atoms with E-state index >= 15 is 0 Å². The Morgan fingerprint density at radius 3 is 2.56 bits per heavy atom. The summed E-state index contributed by atoms with van der Waals surface area (Å²) in [5, 5.41) is 11.7. The zero-order valence-corrected chi connectivity index (χ0v) is 14.9. The maximum Gasteiger partial charge on any atom is 0.329 e. The maximum absolute atomic E-state index is 12.2. The number of carbonyl (C=O) groups is 2. The number of hydrogen-bond acceptors (Lipinski definition) is 4. The molecule has 0 aliphatic carbocycles. The summed E-state index contributed by atoms with van der Waals surface area (Å²) in [6.45, 7) is 7.30. The molecular weight excluding hydrogens is 322 g/mol. The fourth-order valence-electron chi connectivity index (χ4n) is 2.29. The van der Waals surface area contributed by atoms with Crippen LogP contribution < -0.4 is 10.1 Å². The lowest BCUT2D eigenvalue weighted by Gasteiger charge is -2.23. The fourth-order valence-corrected chi connectivity index (χ4v) is 2.29. The van der Waals surface area contributed by atoms with Crippen LogP contribution in [0, 0.1) is 13.8 Å². The molecule has 2 aromatic rings. The Bertz CT molecular complexity index is 780. The third kappa shape index (κ3) is 4.41. The van der Waals surface area contributed by atoms with E-state index in [1.54, 1.807) is 13.0 Å². The van der Waals surface area contributed by atoms with Crippen molar-refractivity contribution in [1.82, 2.24) is 5.32 Å². The summed E-state index contributed by atoms with van der Waals surface area (Å²) in [6, 6.07) is 9.02. The number of rotatable bonds is 7. The molecule has 0 fully saturated rings. The van der Waals surface area contributed by atoms with Gasteiger partial charge < -0.3 is 19.6 Å². The highest BCUT2D eigenvalue weighted by molar-refractivity contribution is 5.95. The van der Waals surface area contributed by atoms with Crippen molar-refractivity contribution in [2.24, 2.45) is 0 Å². The lowest BCUT2D eigenvalue weighted by molar-refractivity contribution is -0.143. The SMILES string of the molecule is CCC(C)(NC(=O)c1ccc(COc2ccc(C)cc2C)o1)C(=O)O. The van der Waals surface area contributed by atoms with Crippen molar-refractivity contribution in [3.63, 3.8) is 0 Å². The van der Waals surface area contributed by atoms with E-state index in [4.69, 9.17) is 9.15 Å². The number of ether oxygens (including phenoxy) is 1. The van der Waals surface area contributed by atoms with Gasteiger partial charge in [-0.1, -0.05) is 24.6 Å². The lowest BCUT2D eigenvalue weighted by atomic mass is 9.99. The van der Waals surface area contributed by atoms with Crippen molar-refractivity contribution < 1.29 is 23.8 Å². The Labute approximate surface area is 146 Å². The molecule has 1 amide bonds. The van der Waals surface area contributed by atoms with Crippen LogP contribution in [0.15, 0.2) is 34.7 Å². The number of aryl methyl sites for hydroxylation is 2. The minimum absolute atomic E-state index is 0.0557.